The highest BCUT2D eigenvalue weighted by Gasteiger charge is 2.14. The van der Waals surface area contributed by atoms with Gasteiger partial charge in [-0.1, -0.05) is 29.0 Å². The Kier molecular flexibility index (Phi) is 6.45. The van der Waals surface area contributed by atoms with Gasteiger partial charge in [-0.25, -0.2) is 13.2 Å². The van der Waals surface area contributed by atoms with Crippen molar-refractivity contribution in [3.63, 3.8) is 0 Å². The Balaban J connectivity index is 2.52. The molecule has 1 aromatic carbocycles. The molecule has 0 aromatic heterocycles. The molecule has 0 saturated carbocycles. The van der Waals surface area contributed by atoms with Crippen LogP contribution in [-0.2, 0) is 0 Å². The molecule has 0 aliphatic rings. The number of halogens is 4. The van der Waals surface area contributed by atoms with Gasteiger partial charge in [0.1, 0.15) is 0 Å². The molecule has 0 aliphatic heterocycles. The molecule has 2 nitrogen and oxygen atoms in total. The Morgan fingerprint density at radius 2 is 1.72 bits per heavy atom. The summed E-state index contributed by atoms with van der Waals surface area (Å²) >= 11 is 2.27. The minimum absolute atomic E-state index is 0.208. The van der Waals surface area contributed by atoms with Gasteiger partial charge in [-0.05, 0) is 29.4 Å². The van der Waals surface area contributed by atoms with E-state index in [0.717, 1.165) is 23.7 Å². The number of carbonyl (C=O) groups excluding carboxylic acids is 1. The predicted molar refractivity (Wildman–Crippen MR) is 71.4 cm³/mol. The zero-order chi connectivity index (χ0) is 13.5. The van der Waals surface area contributed by atoms with Crippen LogP contribution in [0.1, 0.15) is 29.6 Å². The van der Waals surface area contributed by atoms with Gasteiger partial charge >= 0.3 is 0 Å². The average molecular weight is 371 g/mol. The third-order valence-electron chi connectivity index (χ3n) is 2.34. The largest absolute Gasteiger partial charge is 0.352 e. The van der Waals surface area contributed by atoms with Gasteiger partial charge in [-0.2, -0.15) is 0 Å². The normalized spacial score (nSPS) is 10.4. The summed E-state index contributed by atoms with van der Waals surface area (Å²) in [5, 5.41) is 2.53. The third kappa shape index (κ3) is 4.47. The number of benzene rings is 1. The zero-order valence-electron chi connectivity index (χ0n) is 9.61. The first-order valence-corrected chi connectivity index (χ1v) is 7.07. The van der Waals surface area contributed by atoms with Crippen molar-refractivity contribution in [3.8, 4) is 0 Å². The fourth-order valence-corrected chi connectivity index (χ4v) is 1.93. The number of nitrogens with one attached hydrogen (secondary N) is 1. The van der Waals surface area contributed by atoms with Crippen LogP contribution < -0.4 is 5.32 Å². The number of hydrogen-bond donors (Lipinski definition) is 1. The molecule has 0 saturated heterocycles. The van der Waals surface area contributed by atoms with Crippen LogP contribution in [0.4, 0.5) is 13.2 Å². The lowest BCUT2D eigenvalue weighted by Gasteiger charge is -2.05. The lowest BCUT2D eigenvalue weighted by Crippen LogP contribution is -2.24. The molecular weight excluding hydrogens is 358 g/mol. The van der Waals surface area contributed by atoms with Gasteiger partial charge in [0.2, 0.25) is 0 Å². The third-order valence-corrected chi connectivity index (χ3v) is 3.10. The first-order chi connectivity index (χ1) is 8.56. The molecule has 0 unspecified atom stereocenters. The Hall–Kier alpha value is -0.790. The van der Waals surface area contributed by atoms with E-state index in [1.165, 1.54) is 0 Å². The summed E-state index contributed by atoms with van der Waals surface area (Å²) in [6, 6.07) is 1.39. The summed E-state index contributed by atoms with van der Waals surface area (Å²) in [6.07, 6.45) is 2.85. The number of rotatable bonds is 6. The summed E-state index contributed by atoms with van der Waals surface area (Å²) in [6.45, 7) is 0.441. The topological polar surface area (TPSA) is 29.1 Å². The standard InChI is InChI=1S/C12H13F3INO/c13-9-6-8(7-10(14)11(9)15)12(18)17-5-3-1-2-4-16/h6-7H,1-5H2,(H,17,18). The van der Waals surface area contributed by atoms with Gasteiger partial charge in [0.15, 0.2) is 17.5 Å². The van der Waals surface area contributed by atoms with Gasteiger partial charge in [0.05, 0.1) is 0 Å². The maximum absolute atomic E-state index is 12.9. The van der Waals surface area contributed by atoms with E-state index < -0.39 is 23.4 Å². The van der Waals surface area contributed by atoms with Crippen LogP contribution >= 0.6 is 22.6 Å². The molecule has 0 heterocycles. The van der Waals surface area contributed by atoms with E-state index in [9.17, 15) is 18.0 Å². The molecule has 0 fully saturated rings. The van der Waals surface area contributed by atoms with E-state index in [2.05, 4.69) is 27.9 Å². The highest BCUT2D eigenvalue weighted by atomic mass is 127. The number of amides is 1. The summed E-state index contributed by atoms with van der Waals surface area (Å²) in [5.41, 5.74) is -0.208. The van der Waals surface area contributed by atoms with E-state index >= 15 is 0 Å². The Morgan fingerprint density at radius 1 is 1.11 bits per heavy atom. The van der Waals surface area contributed by atoms with Crippen LogP contribution in [0.15, 0.2) is 12.1 Å². The van der Waals surface area contributed by atoms with E-state index in [1.54, 1.807) is 0 Å². The van der Waals surface area contributed by atoms with Crippen molar-refractivity contribution in [3.05, 3.63) is 35.1 Å². The lowest BCUT2D eigenvalue weighted by atomic mass is 10.2. The number of hydrogen-bond acceptors (Lipinski definition) is 1. The van der Waals surface area contributed by atoms with Gasteiger partial charge in [-0.3, -0.25) is 4.79 Å². The molecule has 1 N–H and O–H groups in total. The van der Waals surface area contributed by atoms with Crippen LogP contribution in [0.25, 0.3) is 0 Å². The van der Waals surface area contributed by atoms with Crippen LogP contribution in [-0.4, -0.2) is 16.9 Å². The van der Waals surface area contributed by atoms with E-state index in [4.69, 9.17) is 0 Å². The van der Waals surface area contributed by atoms with Gasteiger partial charge in [-0.15, -0.1) is 0 Å². The zero-order valence-corrected chi connectivity index (χ0v) is 11.8. The first-order valence-electron chi connectivity index (χ1n) is 5.55. The van der Waals surface area contributed by atoms with Crippen LogP contribution in [0.5, 0.6) is 0 Å². The van der Waals surface area contributed by atoms with Crippen molar-refractivity contribution < 1.29 is 18.0 Å². The molecule has 0 atom stereocenters. The molecular formula is C12H13F3INO. The van der Waals surface area contributed by atoms with Crippen molar-refractivity contribution in [2.24, 2.45) is 0 Å². The van der Waals surface area contributed by atoms with Crippen molar-refractivity contribution in [2.75, 3.05) is 11.0 Å². The number of carbonyl (C=O) groups is 1. The van der Waals surface area contributed by atoms with Gasteiger partial charge in [0.25, 0.3) is 5.91 Å². The van der Waals surface area contributed by atoms with Crippen LogP contribution in [0.3, 0.4) is 0 Å². The molecule has 18 heavy (non-hydrogen) atoms. The van der Waals surface area contributed by atoms with E-state index in [0.29, 0.717) is 18.7 Å². The van der Waals surface area contributed by atoms with Crippen molar-refractivity contribution in [1.29, 1.82) is 0 Å². The second kappa shape index (κ2) is 7.60. The minimum atomic E-state index is -1.56. The maximum Gasteiger partial charge on any atom is 0.251 e. The average Bonchev–Trinajstić information content (AvgIpc) is 2.34. The highest BCUT2D eigenvalue weighted by molar-refractivity contribution is 14.1. The van der Waals surface area contributed by atoms with E-state index in [1.807, 2.05) is 0 Å². The SMILES string of the molecule is O=C(NCCCCCI)c1cc(F)c(F)c(F)c1. The summed E-state index contributed by atoms with van der Waals surface area (Å²) in [7, 11) is 0. The van der Waals surface area contributed by atoms with Crippen LogP contribution in [0, 0.1) is 17.5 Å². The van der Waals surface area contributed by atoms with Gasteiger partial charge < -0.3 is 5.32 Å². The van der Waals surface area contributed by atoms with Gasteiger partial charge in [0, 0.05) is 12.1 Å². The molecule has 6 heteroatoms. The predicted octanol–water partition coefficient (Wildman–Crippen LogP) is 3.44. The first kappa shape index (κ1) is 15.3. The quantitative estimate of drug-likeness (QED) is 0.353. The molecule has 0 spiro atoms. The van der Waals surface area contributed by atoms with E-state index in [-0.39, 0.29) is 5.56 Å². The minimum Gasteiger partial charge on any atom is -0.352 e. The van der Waals surface area contributed by atoms with Crippen LogP contribution in [0.2, 0.25) is 0 Å². The molecule has 0 aliphatic carbocycles. The Morgan fingerprint density at radius 3 is 2.28 bits per heavy atom. The molecule has 1 amide bonds. The molecule has 100 valence electrons. The second-order valence-corrected chi connectivity index (χ2v) is 4.84. The van der Waals surface area contributed by atoms with Crippen molar-refractivity contribution in [1.82, 2.24) is 5.32 Å². The van der Waals surface area contributed by atoms with Crippen molar-refractivity contribution >= 4 is 28.5 Å². The smallest absolute Gasteiger partial charge is 0.251 e. The fraction of sp³-hybridized carbons (Fsp3) is 0.417. The molecule has 0 bridgehead atoms. The highest BCUT2D eigenvalue weighted by Crippen LogP contribution is 2.13. The summed E-state index contributed by atoms with van der Waals surface area (Å²) in [5.74, 6) is -4.87. The fourth-order valence-electron chi connectivity index (χ4n) is 1.39. The Labute approximate surface area is 117 Å². The second-order valence-electron chi connectivity index (χ2n) is 3.76. The number of unbranched alkanes of at least 4 members (excludes halogenated alkanes) is 2. The van der Waals surface area contributed by atoms with Crippen molar-refractivity contribution in [2.45, 2.75) is 19.3 Å². The molecule has 1 rings (SSSR count). The molecule has 0 radical (unpaired) electrons. The summed E-state index contributed by atoms with van der Waals surface area (Å²) < 4.78 is 39.5. The summed E-state index contributed by atoms with van der Waals surface area (Å²) in [4.78, 5) is 11.5. The Bertz CT molecular complexity index is 403. The lowest BCUT2D eigenvalue weighted by molar-refractivity contribution is 0.0952. The monoisotopic (exact) mass is 371 g/mol. The molecule has 1 aromatic rings. The maximum atomic E-state index is 12.9. The number of alkyl halides is 1.